The summed E-state index contributed by atoms with van der Waals surface area (Å²) in [5.74, 6) is 0.828. The second kappa shape index (κ2) is 4.17. The first-order chi connectivity index (χ1) is 8.24. The molecule has 0 aliphatic rings. The van der Waals surface area contributed by atoms with Gasteiger partial charge in [0.1, 0.15) is 11.3 Å². The molecular weight excluding hydrogens is 300 g/mol. The number of aromatic nitrogens is 2. The number of imidazole rings is 1. The Kier molecular flexibility index (Phi) is 2.65. The van der Waals surface area contributed by atoms with Gasteiger partial charge < -0.3 is 4.98 Å². The maximum Gasteiger partial charge on any atom is 0.138 e. The van der Waals surface area contributed by atoms with Gasteiger partial charge >= 0.3 is 0 Å². The van der Waals surface area contributed by atoms with E-state index in [-0.39, 0.29) is 0 Å². The van der Waals surface area contributed by atoms with Crippen LogP contribution in [0.5, 0.6) is 0 Å². The Balaban J connectivity index is 2.22. The molecule has 84 valence electrons. The molecule has 0 saturated heterocycles. The second-order valence-electron chi connectivity index (χ2n) is 3.73. The average Bonchev–Trinajstić information content (AvgIpc) is 2.74. The predicted octanol–water partition coefficient (Wildman–Crippen LogP) is 4.65. The van der Waals surface area contributed by atoms with E-state index in [0.29, 0.717) is 5.02 Å². The van der Waals surface area contributed by atoms with Crippen LogP contribution in [0.25, 0.3) is 22.4 Å². The van der Waals surface area contributed by atoms with Gasteiger partial charge in [-0.05, 0) is 24.3 Å². The molecule has 0 unspecified atom stereocenters. The molecule has 0 bridgehead atoms. The molecule has 0 saturated carbocycles. The van der Waals surface area contributed by atoms with Gasteiger partial charge in [0.15, 0.2) is 0 Å². The molecule has 3 rings (SSSR count). The fourth-order valence-corrected chi connectivity index (χ4v) is 2.39. The highest BCUT2D eigenvalue weighted by Gasteiger charge is 2.07. The van der Waals surface area contributed by atoms with E-state index in [9.17, 15) is 0 Å². The van der Waals surface area contributed by atoms with E-state index in [1.807, 2.05) is 42.5 Å². The third-order valence-corrected chi connectivity index (χ3v) is 3.36. The topological polar surface area (TPSA) is 28.7 Å². The van der Waals surface area contributed by atoms with Crippen molar-refractivity contribution in [1.82, 2.24) is 9.97 Å². The molecule has 0 amide bonds. The van der Waals surface area contributed by atoms with Gasteiger partial charge in [0.2, 0.25) is 0 Å². The molecule has 2 aromatic carbocycles. The number of fused-ring (bicyclic) bond motifs is 1. The molecule has 3 aromatic rings. The van der Waals surface area contributed by atoms with Crippen molar-refractivity contribution >= 4 is 38.6 Å². The molecule has 0 fully saturated rings. The van der Waals surface area contributed by atoms with Gasteiger partial charge in [0, 0.05) is 10.0 Å². The van der Waals surface area contributed by atoms with Crippen LogP contribution in [0.3, 0.4) is 0 Å². The Labute approximate surface area is 112 Å². The summed E-state index contributed by atoms with van der Waals surface area (Å²) in [4.78, 5) is 7.78. The lowest BCUT2D eigenvalue weighted by Crippen LogP contribution is -1.79. The number of hydrogen-bond donors (Lipinski definition) is 1. The van der Waals surface area contributed by atoms with Crippen LogP contribution in [0.15, 0.2) is 46.9 Å². The van der Waals surface area contributed by atoms with Crippen LogP contribution in [-0.4, -0.2) is 9.97 Å². The van der Waals surface area contributed by atoms with Gasteiger partial charge in [-0.3, -0.25) is 0 Å². The van der Waals surface area contributed by atoms with Crippen LogP contribution in [0.2, 0.25) is 5.02 Å². The predicted molar refractivity (Wildman–Crippen MR) is 74.2 cm³/mol. The highest BCUT2D eigenvalue weighted by molar-refractivity contribution is 9.10. The molecule has 1 aromatic heterocycles. The Bertz CT molecular complexity index is 691. The summed E-state index contributed by atoms with van der Waals surface area (Å²) in [7, 11) is 0. The van der Waals surface area contributed by atoms with Crippen molar-refractivity contribution < 1.29 is 0 Å². The smallest absolute Gasteiger partial charge is 0.138 e. The third-order valence-electron chi connectivity index (χ3n) is 2.56. The highest BCUT2D eigenvalue weighted by Crippen LogP contribution is 2.26. The Morgan fingerprint density at radius 2 is 1.94 bits per heavy atom. The molecule has 0 atom stereocenters. The number of nitrogens with one attached hydrogen (secondary N) is 1. The van der Waals surface area contributed by atoms with Gasteiger partial charge in [-0.2, -0.15) is 0 Å². The lowest BCUT2D eigenvalue weighted by atomic mass is 10.2. The molecule has 17 heavy (non-hydrogen) atoms. The van der Waals surface area contributed by atoms with Crippen molar-refractivity contribution in [2.75, 3.05) is 0 Å². The van der Waals surface area contributed by atoms with E-state index in [4.69, 9.17) is 11.6 Å². The van der Waals surface area contributed by atoms with E-state index in [1.165, 1.54) is 0 Å². The van der Waals surface area contributed by atoms with E-state index in [2.05, 4.69) is 25.9 Å². The zero-order chi connectivity index (χ0) is 11.8. The highest BCUT2D eigenvalue weighted by atomic mass is 79.9. The summed E-state index contributed by atoms with van der Waals surface area (Å²) in [6.45, 7) is 0. The minimum absolute atomic E-state index is 0.667. The maximum absolute atomic E-state index is 6.10. The lowest BCUT2D eigenvalue weighted by molar-refractivity contribution is 1.33. The summed E-state index contributed by atoms with van der Waals surface area (Å²) >= 11 is 9.55. The summed E-state index contributed by atoms with van der Waals surface area (Å²) in [5.41, 5.74) is 2.79. The van der Waals surface area contributed by atoms with Crippen LogP contribution < -0.4 is 0 Å². The summed E-state index contributed by atoms with van der Waals surface area (Å²) in [6.07, 6.45) is 0. The van der Waals surface area contributed by atoms with Gasteiger partial charge in [-0.1, -0.05) is 45.7 Å². The fourth-order valence-electron chi connectivity index (χ4n) is 1.77. The average molecular weight is 308 g/mol. The molecular formula is C13H8BrClN2. The zero-order valence-electron chi connectivity index (χ0n) is 8.74. The SMILES string of the molecule is Clc1cccc2[nH]c(-c3cccc(Br)c3)nc12. The van der Waals surface area contributed by atoms with E-state index < -0.39 is 0 Å². The zero-order valence-corrected chi connectivity index (χ0v) is 11.1. The Hall–Kier alpha value is -1.32. The van der Waals surface area contributed by atoms with Crippen molar-refractivity contribution in [2.24, 2.45) is 0 Å². The van der Waals surface area contributed by atoms with Crippen molar-refractivity contribution in [2.45, 2.75) is 0 Å². The molecule has 0 aliphatic carbocycles. The van der Waals surface area contributed by atoms with Crippen LogP contribution in [0.4, 0.5) is 0 Å². The Morgan fingerprint density at radius 1 is 1.12 bits per heavy atom. The van der Waals surface area contributed by atoms with Gasteiger partial charge in [-0.15, -0.1) is 0 Å². The quantitative estimate of drug-likeness (QED) is 0.697. The minimum Gasteiger partial charge on any atom is -0.338 e. The molecule has 0 spiro atoms. The van der Waals surface area contributed by atoms with Crippen LogP contribution in [0, 0.1) is 0 Å². The van der Waals surface area contributed by atoms with Gasteiger partial charge in [0.25, 0.3) is 0 Å². The number of aromatic amines is 1. The molecule has 0 aliphatic heterocycles. The first kappa shape index (κ1) is 10.8. The van der Waals surface area contributed by atoms with Crippen molar-refractivity contribution in [3.05, 3.63) is 52.0 Å². The fraction of sp³-hybridized carbons (Fsp3) is 0. The van der Waals surface area contributed by atoms with E-state index in [1.54, 1.807) is 0 Å². The third kappa shape index (κ3) is 1.96. The number of nitrogens with zero attached hydrogens (tertiary/aromatic N) is 1. The molecule has 4 heteroatoms. The Morgan fingerprint density at radius 3 is 2.71 bits per heavy atom. The first-order valence-corrected chi connectivity index (χ1v) is 6.31. The molecule has 0 radical (unpaired) electrons. The number of hydrogen-bond acceptors (Lipinski definition) is 1. The van der Waals surface area contributed by atoms with Crippen molar-refractivity contribution in [3.63, 3.8) is 0 Å². The summed E-state index contributed by atoms with van der Waals surface area (Å²) in [6, 6.07) is 13.7. The van der Waals surface area contributed by atoms with Crippen molar-refractivity contribution in [3.8, 4) is 11.4 Å². The standard InChI is InChI=1S/C13H8BrClN2/c14-9-4-1-3-8(7-9)13-16-11-6-2-5-10(15)12(11)17-13/h1-7H,(H,16,17). The number of rotatable bonds is 1. The molecule has 1 heterocycles. The first-order valence-electron chi connectivity index (χ1n) is 5.14. The number of para-hydroxylation sites is 1. The molecule has 1 N–H and O–H groups in total. The normalized spacial score (nSPS) is 10.9. The van der Waals surface area contributed by atoms with Gasteiger partial charge in [0.05, 0.1) is 10.5 Å². The monoisotopic (exact) mass is 306 g/mol. The van der Waals surface area contributed by atoms with E-state index in [0.717, 1.165) is 26.9 Å². The largest absolute Gasteiger partial charge is 0.338 e. The number of benzene rings is 2. The van der Waals surface area contributed by atoms with Crippen LogP contribution >= 0.6 is 27.5 Å². The number of H-pyrrole nitrogens is 1. The van der Waals surface area contributed by atoms with E-state index >= 15 is 0 Å². The maximum atomic E-state index is 6.10. The van der Waals surface area contributed by atoms with Crippen molar-refractivity contribution in [1.29, 1.82) is 0 Å². The lowest BCUT2D eigenvalue weighted by Gasteiger charge is -1.96. The summed E-state index contributed by atoms with van der Waals surface area (Å²) < 4.78 is 1.03. The molecule has 2 nitrogen and oxygen atoms in total. The van der Waals surface area contributed by atoms with Crippen LogP contribution in [-0.2, 0) is 0 Å². The van der Waals surface area contributed by atoms with Crippen LogP contribution in [0.1, 0.15) is 0 Å². The second-order valence-corrected chi connectivity index (χ2v) is 5.05. The minimum atomic E-state index is 0.667. The van der Waals surface area contributed by atoms with Gasteiger partial charge in [-0.25, -0.2) is 4.98 Å². The number of halogens is 2. The summed E-state index contributed by atoms with van der Waals surface area (Å²) in [5, 5.41) is 0.667.